The molecule has 0 saturated heterocycles. The van der Waals surface area contributed by atoms with Gasteiger partial charge in [-0.05, 0) is 46.3 Å². The molecular weight excluding hydrogens is 322 g/mol. The molecule has 0 aliphatic rings. The summed E-state index contributed by atoms with van der Waals surface area (Å²) in [5.41, 5.74) is 1.09. The molecule has 0 saturated carbocycles. The van der Waals surface area contributed by atoms with Crippen molar-refractivity contribution in [3.8, 4) is 6.07 Å². The molecule has 20 heavy (non-hydrogen) atoms. The second-order valence-corrected chi connectivity index (χ2v) is 4.97. The first-order chi connectivity index (χ1) is 9.58. The van der Waals surface area contributed by atoms with E-state index >= 15 is 0 Å². The molecule has 0 radical (unpaired) electrons. The molecule has 5 nitrogen and oxygen atoms in total. The Labute approximate surface area is 124 Å². The number of rotatable bonds is 3. The third-order valence-electron chi connectivity index (χ3n) is 2.61. The zero-order chi connectivity index (χ0) is 14.5. The van der Waals surface area contributed by atoms with Crippen molar-refractivity contribution in [3.05, 3.63) is 52.4 Å². The number of urea groups is 1. The SMILES string of the molecule is CN(Cc1ccc(Br)o1)C(=O)Nc1cccc(C#N)c1. The van der Waals surface area contributed by atoms with Gasteiger partial charge in [-0.1, -0.05) is 6.07 Å². The highest BCUT2D eigenvalue weighted by molar-refractivity contribution is 9.10. The number of nitrogens with zero attached hydrogens (tertiary/aromatic N) is 2. The number of carbonyl (C=O) groups is 1. The Balaban J connectivity index is 1.98. The summed E-state index contributed by atoms with van der Waals surface area (Å²) in [5, 5.41) is 11.5. The van der Waals surface area contributed by atoms with E-state index in [1.54, 1.807) is 43.4 Å². The van der Waals surface area contributed by atoms with Crippen molar-refractivity contribution in [1.82, 2.24) is 4.90 Å². The smallest absolute Gasteiger partial charge is 0.321 e. The second-order valence-electron chi connectivity index (χ2n) is 4.18. The van der Waals surface area contributed by atoms with E-state index in [0.29, 0.717) is 28.2 Å². The zero-order valence-corrected chi connectivity index (χ0v) is 12.3. The number of hydrogen-bond donors (Lipinski definition) is 1. The quantitative estimate of drug-likeness (QED) is 0.933. The molecule has 1 N–H and O–H groups in total. The first kappa shape index (κ1) is 14.2. The van der Waals surface area contributed by atoms with Crippen LogP contribution in [0.3, 0.4) is 0 Å². The topological polar surface area (TPSA) is 69.3 Å². The monoisotopic (exact) mass is 333 g/mol. The first-order valence-corrected chi connectivity index (χ1v) is 6.64. The third kappa shape index (κ3) is 3.62. The van der Waals surface area contributed by atoms with Gasteiger partial charge in [-0.2, -0.15) is 5.26 Å². The minimum absolute atomic E-state index is 0.271. The van der Waals surface area contributed by atoms with Crippen molar-refractivity contribution in [1.29, 1.82) is 5.26 Å². The molecule has 1 aromatic carbocycles. The number of amides is 2. The minimum atomic E-state index is -0.271. The van der Waals surface area contributed by atoms with Crippen molar-refractivity contribution in [2.24, 2.45) is 0 Å². The molecule has 0 bridgehead atoms. The van der Waals surface area contributed by atoms with Gasteiger partial charge in [0.2, 0.25) is 0 Å². The molecule has 1 aromatic heterocycles. The van der Waals surface area contributed by atoms with Gasteiger partial charge in [-0.25, -0.2) is 4.79 Å². The van der Waals surface area contributed by atoms with E-state index in [1.165, 1.54) is 4.90 Å². The summed E-state index contributed by atoms with van der Waals surface area (Å²) in [4.78, 5) is 13.5. The molecule has 1 heterocycles. The van der Waals surface area contributed by atoms with Gasteiger partial charge in [-0.3, -0.25) is 0 Å². The highest BCUT2D eigenvalue weighted by Crippen LogP contribution is 2.16. The summed E-state index contributed by atoms with van der Waals surface area (Å²) in [6.45, 7) is 0.357. The van der Waals surface area contributed by atoms with Crippen LogP contribution < -0.4 is 5.32 Å². The molecule has 6 heteroatoms. The number of benzene rings is 1. The summed E-state index contributed by atoms with van der Waals surface area (Å²) in [6, 6.07) is 12.1. The van der Waals surface area contributed by atoms with E-state index in [0.717, 1.165) is 0 Å². The Morgan fingerprint density at radius 3 is 2.90 bits per heavy atom. The summed E-state index contributed by atoms with van der Waals surface area (Å²) < 4.78 is 5.97. The first-order valence-electron chi connectivity index (χ1n) is 5.85. The number of halogens is 1. The lowest BCUT2D eigenvalue weighted by Gasteiger charge is -2.16. The molecular formula is C14H12BrN3O2. The predicted octanol–water partition coefficient (Wildman–Crippen LogP) is 3.58. The predicted molar refractivity (Wildman–Crippen MR) is 78.1 cm³/mol. The number of nitriles is 1. The maximum atomic E-state index is 12.0. The second kappa shape index (κ2) is 6.26. The van der Waals surface area contributed by atoms with Gasteiger partial charge in [0.15, 0.2) is 4.67 Å². The molecule has 102 valence electrons. The van der Waals surface area contributed by atoms with Crippen molar-refractivity contribution in [2.75, 3.05) is 12.4 Å². The molecule has 0 aliphatic carbocycles. The van der Waals surface area contributed by atoms with E-state index < -0.39 is 0 Å². The third-order valence-corrected chi connectivity index (χ3v) is 3.04. The van der Waals surface area contributed by atoms with Gasteiger partial charge < -0.3 is 14.6 Å². The van der Waals surface area contributed by atoms with Crippen LogP contribution in [-0.4, -0.2) is 18.0 Å². The Bertz CT molecular complexity index is 660. The van der Waals surface area contributed by atoms with E-state index in [2.05, 4.69) is 21.2 Å². The van der Waals surface area contributed by atoms with Crippen LogP contribution in [0.5, 0.6) is 0 Å². The van der Waals surface area contributed by atoms with Crippen molar-refractivity contribution < 1.29 is 9.21 Å². The zero-order valence-electron chi connectivity index (χ0n) is 10.8. The molecule has 0 atom stereocenters. The van der Waals surface area contributed by atoms with E-state index in [1.807, 2.05) is 6.07 Å². The van der Waals surface area contributed by atoms with Gasteiger partial charge in [0, 0.05) is 12.7 Å². The summed E-state index contributed by atoms with van der Waals surface area (Å²) >= 11 is 3.21. The maximum absolute atomic E-state index is 12.0. The highest BCUT2D eigenvalue weighted by Gasteiger charge is 2.11. The molecule has 2 rings (SSSR count). The van der Waals surface area contributed by atoms with E-state index in [4.69, 9.17) is 9.68 Å². The van der Waals surface area contributed by atoms with Crippen LogP contribution in [0, 0.1) is 11.3 Å². The molecule has 0 aliphatic heterocycles. The standard InChI is InChI=1S/C14H12BrN3O2/c1-18(9-12-5-6-13(15)20-12)14(19)17-11-4-2-3-10(7-11)8-16/h2-7H,9H2,1H3,(H,17,19). The van der Waals surface area contributed by atoms with Crippen molar-refractivity contribution >= 4 is 27.6 Å². The molecule has 0 spiro atoms. The summed E-state index contributed by atoms with van der Waals surface area (Å²) in [5.74, 6) is 0.681. The van der Waals surface area contributed by atoms with E-state index in [9.17, 15) is 4.79 Å². The number of furan rings is 1. The lowest BCUT2D eigenvalue weighted by atomic mass is 10.2. The van der Waals surface area contributed by atoms with Gasteiger partial charge in [0.25, 0.3) is 0 Å². The Hall–Kier alpha value is -2.26. The Morgan fingerprint density at radius 1 is 1.45 bits per heavy atom. The largest absolute Gasteiger partial charge is 0.452 e. The van der Waals surface area contributed by atoms with Crippen LogP contribution in [-0.2, 0) is 6.54 Å². The summed E-state index contributed by atoms with van der Waals surface area (Å²) in [6.07, 6.45) is 0. The van der Waals surface area contributed by atoms with Gasteiger partial charge >= 0.3 is 6.03 Å². The Morgan fingerprint density at radius 2 is 2.25 bits per heavy atom. The minimum Gasteiger partial charge on any atom is -0.452 e. The van der Waals surface area contributed by atoms with Crippen LogP contribution in [0.4, 0.5) is 10.5 Å². The maximum Gasteiger partial charge on any atom is 0.321 e. The van der Waals surface area contributed by atoms with Crippen LogP contribution in [0.1, 0.15) is 11.3 Å². The molecule has 0 unspecified atom stereocenters. The van der Waals surface area contributed by atoms with Gasteiger partial charge in [0.05, 0.1) is 18.2 Å². The lowest BCUT2D eigenvalue weighted by Crippen LogP contribution is -2.30. The molecule has 2 aromatic rings. The average molecular weight is 334 g/mol. The van der Waals surface area contributed by atoms with Crippen LogP contribution in [0.25, 0.3) is 0 Å². The van der Waals surface area contributed by atoms with Crippen LogP contribution in [0.2, 0.25) is 0 Å². The average Bonchev–Trinajstić information content (AvgIpc) is 2.84. The normalized spacial score (nSPS) is 9.85. The molecule has 2 amide bonds. The fourth-order valence-electron chi connectivity index (χ4n) is 1.63. The van der Waals surface area contributed by atoms with E-state index in [-0.39, 0.29) is 6.03 Å². The number of nitrogens with one attached hydrogen (secondary N) is 1. The van der Waals surface area contributed by atoms with Crippen LogP contribution >= 0.6 is 15.9 Å². The van der Waals surface area contributed by atoms with Crippen LogP contribution in [0.15, 0.2) is 45.5 Å². The fourth-order valence-corrected chi connectivity index (χ4v) is 1.97. The highest BCUT2D eigenvalue weighted by atomic mass is 79.9. The van der Waals surface area contributed by atoms with Gasteiger partial charge in [0.1, 0.15) is 5.76 Å². The number of hydrogen-bond acceptors (Lipinski definition) is 3. The lowest BCUT2D eigenvalue weighted by molar-refractivity contribution is 0.216. The number of anilines is 1. The Kier molecular flexibility index (Phi) is 4.43. The van der Waals surface area contributed by atoms with Gasteiger partial charge in [-0.15, -0.1) is 0 Å². The number of carbonyl (C=O) groups excluding carboxylic acids is 1. The molecule has 0 fully saturated rings. The van der Waals surface area contributed by atoms with Crippen molar-refractivity contribution in [2.45, 2.75) is 6.54 Å². The fraction of sp³-hybridized carbons (Fsp3) is 0.143. The summed E-state index contributed by atoms with van der Waals surface area (Å²) in [7, 11) is 1.67. The van der Waals surface area contributed by atoms with Crippen molar-refractivity contribution in [3.63, 3.8) is 0 Å².